The minimum atomic E-state index is -0.209. The summed E-state index contributed by atoms with van der Waals surface area (Å²) in [5.74, 6) is -0.395. The number of carbonyl (C=O) groups is 2. The average Bonchev–Trinajstić information content (AvgIpc) is 2.66. The van der Waals surface area contributed by atoms with Crippen LogP contribution in [-0.2, 0) is 0 Å². The van der Waals surface area contributed by atoms with E-state index in [1.54, 1.807) is 24.3 Å². The van der Waals surface area contributed by atoms with Crippen molar-refractivity contribution in [3.63, 3.8) is 0 Å². The first-order valence-electron chi connectivity index (χ1n) is 9.43. The number of aryl methyl sites for hydroxylation is 2. The minimum absolute atomic E-state index is 0.186. The van der Waals surface area contributed by atoms with E-state index in [1.165, 1.54) is 6.42 Å². The van der Waals surface area contributed by atoms with E-state index in [1.807, 2.05) is 26.0 Å². The van der Waals surface area contributed by atoms with Crippen LogP contribution in [0.2, 0.25) is 5.02 Å². The number of halogens is 1. The number of carbonyl (C=O) groups excluding carboxylic acids is 2. The molecule has 1 aliphatic carbocycles. The molecule has 0 saturated heterocycles. The van der Waals surface area contributed by atoms with Crippen LogP contribution < -0.4 is 10.6 Å². The molecule has 142 valence electrons. The Morgan fingerprint density at radius 2 is 1.67 bits per heavy atom. The molecule has 0 spiro atoms. The minimum Gasteiger partial charge on any atom is -0.349 e. The molecule has 0 atom stereocenters. The molecule has 2 aromatic rings. The number of benzene rings is 2. The molecule has 0 aromatic heterocycles. The Kier molecular flexibility index (Phi) is 6.17. The molecule has 5 heteroatoms. The summed E-state index contributed by atoms with van der Waals surface area (Å²) in [6, 6.07) is 10.8. The first kappa shape index (κ1) is 19.4. The van der Waals surface area contributed by atoms with Gasteiger partial charge in [-0.2, -0.15) is 0 Å². The van der Waals surface area contributed by atoms with Gasteiger partial charge in [0, 0.05) is 17.3 Å². The van der Waals surface area contributed by atoms with Crippen LogP contribution in [0.15, 0.2) is 36.4 Å². The quantitative estimate of drug-likeness (QED) is 0.754. The van der Waals surface area contributed by atoms with Gasteiger partial charge < -0.3 is 10.6 Å². The third-order valence-electron chi connectivity index (χ3n) is 5.18. The van der Waals surface area contributed by atoms with Crippen molar-refractivity contribution in [2.45, 2.75) is 52.0 Å². The number of hydrogen-bond acceptors (Lipinski definition) is 2. The van der Waals surface area contributed by atoms with Crippen LogP contribution >= 0.6 is 11.6 Å². The van der Waals surface area contributed by atoms with Crippen LogP contribution in [0.1, 0.15) is 63.9 Å². The van der Waals surface area contributed by atoms with Gasteiger partial charge in [-0.3, -0.25) is 9.59 Å². The number of amides is 2. The predicted octanol–water partition coefficient (Wildman–Crippen LogP) is 5.27. The maximum atomic E-state index is 12.6. The molecule has 1 saturated carbocycles. The smallest absolute Gasteiger partial charge is 0.255 e. The van der Waals surface area contributed by atoms with Gasteiger partial charge in [-0.05, 0) is 68.1 Å². The van der Waals surface area contributed by atoms with Crippen LogP contribution in [0.3, 0.4) is 0 Å². The third kappa shape index (κ3) is 4.89. The maximum absolute atomic E-state index is 12.6. The Bertz CT molecular complexity index is 857. The third-order valence-corrected chi connectivity index (χ3v) is 5.51. The molecule has 0 radical (unpaired) electrons. The summed E-state index contributed by atoms with van der Waals surface area (Å²) in [4.78, 5) is 25.1. The van der Waals surface area contributed by atoms with Crippen LogP contribution in [0.25, 0.3) is 0 Å². The molecule has 1 aliphatic rings. The van der Waals surface area contributed by atoms with Crippen LogP contribution in [0, 0.1) is 13.8 Å². The summed E-state index contributed by atoms with van der Waals surface area (Å²) >= 11 is 6.23. The van der Waals surface area contributed by atoms with Crippen molar-refractivity contribution in [3.05, 3.63) is 63.7 Å². The molecule has 3 rings (SSSR count). The lowest BCUT2D eigenvalue weighted by Crippen LogP contribution is -2.36. The van der Waals surface area contributed by atoms with E-state index in [9.17, 15) is 9.59 Å². The Morgan fingerprint density at radius 1 is 0.926 bits per heavy atom. The fraction of sp³-hybridized carbons (Fsp3) is 0.364. The van der Waals surface area contributed by atoms with E-state index in [0.29, 0.717) is 21.8 Å². The van der Waals surface area contributed by atoms with Crippen molar-refractivity contribution in [1.82, 2.24) is 5.32 Å². The molecular weight excluding hydrogens is 360 g/mol. The van der Waals surface area contributed by atoms with Gasteiger partial charge in [-0.25, -0.2) is 0 Å². The average molecular weight is 385 g/mol. The number of anilines is 1. The van der Waals surface area contributed by atoms with Crippen LogP contribution in [-0.4, -0.2) is 17.9 Å². The molecule has 4 nitrogen and oxygen atoms in total. The molecule has 0 aliphatic heterocycles. The highest BCUT2D eigenvalue weighted by Gasteiger charge is 2.19. The van der Waals surface area contributed by atoms with Crippen molar-refractivity contribution in [2.24, 2.45) is 0 Å². The van der Waals surface area contributed by atoms with Crippen LogP contribution in [0.5, 0.6) is 0 Å². The zero-order valence-electron chi connectivity index (χ0n) is 15.8. The van der Waals surface area contributed by atoms with Crippen molar-refractivity contribution in [1.29, 1.82) is 0 Å². The highest BCUT2D eigenvalue weighted by molar-refractivity contribution is 6.34. The predicted molar refractivity (Wildman–Crippen MR) is 110 cm³/mol. The van der Waals surface area contributed by atoms with Gasteiger partial charge in [0.05, 0.1) is 10.6 Å². The van der Waals surface area contributed by atoms with E-state index in [-0.39, 0.29) is 17.9 Å². The monoisotopic (exact) mass is 384 g/mol. The first-order chi connectivity index (χ1) is 12.9. The Hall–Kier alpha value is -2.33. The number of rotatable bonds is 4. The fourth-order valence-electron chi connectivity index (χ4n) is 3.37. The molecule has 2 N–H and O–H groups in total. The highest BCUT2D eigenvalue weighted by Crippen LogP contribution is 2.23. The second kappa shape index (κ2) is 8.57. The fourth-order valence-corrected chi connectivity index (χ4v) is 3.58. The lowest BCUT2D eigenvalue weighted by Gasteiger charge is -2.23. The zero-order valence-corrected chi connectivity index (χ0v) is 16.5. The molecule has 0 bridgehead atoms. The van der Waals surface area contributed by atoms with E-state index in [2.05, 4.69) is 10.6 Å². The van der Waals surface area contributed by atoms with Crippen LogP contribution in [0.4, 0.5) is 5.69 Å². The lowest BCUT2D eigenvalue weighted by atomic mass is 9.95. The molecule has 0 heterocycles. The standard InChI is InChI=1S/C22H25ClN2O2/c1-14-8-9-16(12-15(14)2)21(26)25-18-10-11-20(23)19(13-18)22(27)24-17-6-4-3-5-7-17/h8-13,17H,3-7H2,1-2H3,(H,24,27)(H,25,26). The highest BCUT2D eigenvalue weighted by atomic mass is 35.5. The Morgan fingerprint density at radius 3 is 2.37 bits per heavy atom. The van der Waals surface area contributed by atoms with Crippen molar-refractivity contribution >= 4 is 29.1 Å². The molecule has 2 amide bonds. The Labute approximate surface area is 165 Å². The molecular formula is C22H25ClN2O2. The topological polar surface area (TPSA) is 58.2 Å². The summed E-state index contributed by atoms with van der Waals surface area (Å²) in [6.07, 6.45) is 5.53. The summed E-state index contributed by atoms with van der Waals surface area (Å²) < 4.78 is 0. The second-order valence-corrected chi connectivity index (χ2v) is 7.66. The van der Waals surface area contributed by atoms with Gasteiger partial charge in [0.2, 0.25) is 0 Å². The normalized spacial score (nSPS) is 14.6. The largest absolute Gasteiger partial charge is 0.349 e. The lowest BCUT2D eigenvalue weighted by molar-refractivity contribution is 0.0926. The van der Waals surface area contributed by atoms with Gasteiger partial charge in [-0.15, -0.1) is 0 Å². The molecule has 1 fully saturated rings. The van der Waals surface area contributed by atoms with E-state index >= 15 is 0 Å². The van der Waals surface area contributed by atoms with Gasteiger partial charge in [0.25, 0.3) is 11.8 Å². The second-order valence-electron chi connectivity index (χ2n) is 7.26. The first-order valence-corrected chi connectivity index (χ1v) is 9.81. The molecule has 2 aromatic carbocycles. The maximum Gasteiger partial charge on any atom is 0.255 e. The SMILES string of the molecule is Cc1ccc(C(=O)Nc2ccc(Cl)c(C(=O)NC3CCCCC3)c2)cc1C. The van der Waals surface area contributed by atoms with Crippen molar-refractivity contribution < 1.29 is 9.59 Å². The number of nitrogens with one attached hydrogen (secondary N) is 2. The van der Waals surface area contributed by atoms with Gasteiger partial charge in [0.15, 0.2) is 0 Å². The van der Waals surface area contributed by atoms with E-state index in [4.69, 9.17) is 11.6 Å². The summed E-state index contributed by atoms with van der Waals surface area (Å²) in [5, 5.41) is 6.30. The van der Waals surface area contributed by atoms with Gasteiger partial charge in [-0.1, -0.05) is 36.9 Å². The number of hydrogen-bond donors (Lipinski definition) is 2. The van der Waals surface area contributed by atoms with E-state index < -0.39 is 0 Å². The van der Waals surface area contributed by atoms with Gasteiger partial charge >= 0.3 is 0 Å². The molecule has 0 unspecified atom stereocenters. The van der Waals surface area contributed by atoms with Crippen molar-refractivity contribution in [3.8, 4) is 0 Å². The Balaban J connectivity index is 1.73. The molecule has 27 heavy (non-hydrogen) atoms. The summed E-state index contributed by atoms with van der Waals surface area (Å²) in [7, 11) is 0. The van der Waals surface area contributed by atoms with Crippen molar-refractivity contribution in [2.75, 3.05) is 5.32 Å². The summed E-state index contributed by atoms with van der Waals surface area (Å²) in [6.45, 7) is 3.98. The van der Waals surface area contributed by atoms with E-state index in [0.717, 1.165) is 36.8 Å². The van der Waals surface area contributed by atoms with Gasteiger partial charge in [0.1, 0.15) is 0 Å². The summed E-state index contributed by atoms with van der Waals surface area (Å²) in [5.41, 5.74) is 3.73. The zero-order chi connectivity index (χ0) is 19.4.